The van der Waals surface area contributed by atoms with Gasteiger partial charge in [-0.25, -0.2) is 13.1 Å². The third-order valence-corrected chi connectivity index (χ3v) is 5.57. The molecule has 3 rings (SSSR count). The van der Waals surface area contributed by atoms with Gasteiger partial charge in [-0.05, 0) is 37.0 Å². The molecule has 0 aliphatic heterocycles. The SMILES string of the molecule is CCc1noc(NC(C)=O)c1-c1ccc(OC)c(S(=O)(=O)NC2CC2)c1. The van der Waals surface area contributed by atoms with E-state index < -0.39 is 10.0 Å². The van der Waals surface area contributed by atoms with Crippen LogP contribution in [0.3, 0.4) is 0 Å². The Balaban J connectivity index is 2.11. The smallest absolute Gasteiger partial charge is 0.244 e. The number of aryl methyl sites for hydroxylation is 1. The Labute approximate surface area is 152 Å². The van der Waals surface area contributed by atoms with Crippen LogP contribution in [0.25, 0.3) is 11.1 Å². The molecule has 0 bridgehead atoms. The molecule has 9 heteroatoms. The van der Waals surface area contributed by atoms with Crippen molar-refractivity contribution < 1.29 is 22.5 Å². The lowest BCUT2D eigenvalue weighted by atomic mass is 10.0. The Morgan fingerprint density at radius 3 is 2.69 bits per heavy atom. The first kappa shape index (κ1) is 18.4. The first-order valence-electron chi connectivity index (χ1n) is 8.32. The number of carbonyl (C=O) groups is 1. The Kier molecular flexibility index (Phi) is 5.01. The molecular weight excluding hydrogens is 358 g/mol. The molecule has 8 nitrogen and oxygen atoms in total. The maximum atomic E-state index is 12.7. The van der Waals surface area contributed by atoms with Gasteiger partial charge in [-0.1, -0.05) is 18.1 Å². The van der Waals surface area contributed by atoms with E-state index in [2.05, 4.69) is 15.2 Å². The number of sulfonamides is 1. The quantitative estimate of drug-likeness (QED) is 0.764. The van der Waals surface area contributed by atoms with Crippen molar-refractivity contribution in [1.29, 1.82) is 0 Å². The largest absolute Gasteiger partial charge is 0.495 e. The van der Waals surface area contributed by atoms with Crippen LogP contribution < -0.4 is 14.8 Å². The van der Waals surface area contributed by atoms with Gasteiger partial charge in [0.15, 0.2) is 0 Å². The molecule has 0 saturated heterocycles. The standard InChI is InChI=1S/C17H21N3O5S/c1-4-13-16(17(25-19-13)18-10(2)21)11-5-8-14(24-3)15(9-11)26(22,23)20-12-6-7-12/h5,8-9,12,20H,4,6-7H2,1-3H3,(H,18,21). The van der Waals surface area contributed by atoms with Crippen molar-refractivity contribution in [2.24, 2.45) is 0 Å². The van der Waals surface area contributed by atoms with E-state index in [0.29, 0.717) is 23.2 Å². The van der Waals surface area contributed by atoms with E-state index in [-0.39, 0.29) is 28.5 Å². The molecule has 2 aromatic rings. The molecule has 1 aromatic heterocycles. The van der Waals surface area contributed by atoms with E-state index in [0.717, 1.165) is 12.8 Å². The lowest BCUT2D eigenvalue weighted by molar-refractivity contribution is -0.114. The summed E-state index contributed by atoms with van der Waals surface area (Å²) in [6.45, 7) is 3.26. The second-order valence-electron chi connectivity index (χ2n) is 6.13. The first-order valence-corrected chi connectivity index (χ1v) is 9.81. The summed E-state index contributed by atoms with van der Waals surface area (Å²) in [5, 5.41) is 6.56. The van der Waals surface area contributed by atoms with E-state index in [1.54, 1.807) is 12.1 Å². The number of amides is 1. The predicted molar refractivity (Wildman–Crippen MR) is 95.5 cm³/mol. The van der Waals surface area contributed by atoms with Gasteiger partial charge in [0, 0.05) is 13.0 Å². The zero-order valence-electron chi connectivity index (χ0n) is 14.8. The molecule has 1 amide bonds. The molecule has 0 unspecified atom stereocenters. The fraction of sp³-hybridized carbons (Fsp3) is 0.412. The summed E-state index contributed by atoms with van der Waals surface area (Å²) >= 11 is 0. The minimum atomic E-state index is -3.72. The second-order valence-corrected chi connectivity index (χ2v) is 7.81. The number of hydrogen-bond donors (Lipinski definition) is 2. The third kappa shape index (κ3) is 3.73. The van der Waals surface area contributed by atoms with Crippen molar-refractivity contribution in [2.45, 2.75) is 44.0 Å². The number of carbonyl (C=O) groups excluding carboxylic acids is 1. The Morgan fingerprint density at radius 2 is 2.12 bits per heavy atom. The summed E-state index contributed by atoms with van der Waals surface area (Å²) in [6.07, 6.45) is 2.23. The van der Waals surface area contributed by atoms with E-state index in [1.807, 2.05) is 6.92 Å². The number of ether oxygens (including phenoxy) is 1. The molecule has 0 radical (unpaired) electrons. The summed E-state index contributed by atoms with van der Waals surface area (Å²) in [5.74, 6) is 0.136. The highest BCUT2D eigenvalue weighted by Crippen LogP contribution is 2.36. The first-order chi connectivity index (χ1) is 12.4. The zero-order valence-corrected chi connectivity index (χ0v) is 15.6. The normalized spacial score (nSPS) is 14.3. The van der Waals surface area contributed by atoms with Crippen molar-refractivity contribution in [1.82, 2.24) is 9.88 Å². The van der Waals surface area contributed by atoms with Crippen LogP contribution in [0.15, 0.2) is 27.6 Å². The number of methoxy groups -OCH3 is 1. The van der Waals surface area contributed by atoms with E-state index >= 15 is 0 Å². The van der Waals surface area contributed by atoms with Crippen LogP contribution in [0, 0.1) is 0 Å². The van der Waals surface area contributed by atoms with Gasteiger partial charge in [0.2, 0.25) is 21.8 Å². The van der Waals surface area contributed by atoms with Crippen LogP contribution in [0.4, 0.5) is 5.88 Å². The lowest BCUT2D eigenvalue weighted by Gasteiger charge is -2.12. The van der Waals surface area contributed by atoms with Crippen molar-refractivity contribution >= 4 is 21.8 Å². The van der Waals surface area contributed by atoms with Crippen molar-refractivity contribution in [3.63, 3.8) is 0 Å². The summed E-state index contributed by atoms with van der Waals surface area (Å²) in [7, 11) is -2.30. The maximum Gasteiger partial charge on any atom is 0.244 e. The van der Waals surface area contributed by atoms with Gasteiger partial charge in [-0.15, -0.1) is 0 Å². The van der Waals surface area contributed by atoms with Gasteiger partial charge in [0.1, 0.15) is 10.6 Å². The molecule has 0 spiro atoms. The van der Waals surface area contributed by atoms with Gasteiger partial charge >= 0.3 is 0 Å². The molecule has 1 heterocycles. The number of nitrogens with zero attached hydrogens (tertiary/aromatic N) is 1. The summed E-state index contributed by atoms with van der Waals surface area (Å²) in [4.78, 5) is 11.5. The molecule has 0 atom stereocenters. The van der Waals surface area contributed by atoms with Gasteiger partial charge in [-0.2, -0.15) is 0 Å². The zero-order chi connectivity index (χ0) is 18.9. The Bertz CT molecular complexity index is 932. The van der Waals surface area contributed by atoms with E-state index in [1.165, 1.54) is 20.1 Å². The average Bonchev–Trinajstić information content (AvgIpc) is 3.31. The Hall–Kier alpha value is -2.39. The molecular formula is C17H21N3O5S. The number of nitrogens with one attached hydrogen (secondary N) is 2. The van der Waals surface area contributed by atoms with Crippen LogP contribution in [0.1, 0.15) is 32.4 Å². The van der Waals surface area contributed by atoms with Crippen LogP contribution in [-0.2, 0) is 21.2 Å². The highest BCUT2D eigenvalue weighted by molar-refractivity contribution is 7.89. The summed E-state index contributed by atoms with van der Waals surface area (Å²) in [6, 6.07) is 4.79. The maximum absolute atomic E-state index is 12.7. The minimum absolute atomic E-state index is 0.0231. The highest BCUT2D eigenvalue weighted by atomic mass is 32.2. The molecule has 1 saturated carbocycles. The fourth-order valence-corrected chi connectivity index (χ4v) is 4.13. The molecule has 140 valence electrons. The van der Waals surface area contributed by atoms with Crippen molar-refractivity contribution in [2.75, 3.05) is 12.4 Å². The van der Waals surface area contributed by atoms with Crippen LogP contribution in [0.2, 0.25) is 0 Å². The summed E-state index contributed by atoms with van der Waals surface area (Å²) in [5.41, 5.74) is 1.76. The molecule has 1 aliphatic rings. The van der Waals surface area contributed by atoms with E-state index in [4.69, 9.17) is 9.26 Å². The van der Waals surface area contributed by atoms with Crippen molar-refractivity contribution in [3.8, 4) is 16.9 Å². The Morgan fingerprint density at radius 1 is 1.38 bits per heavy atom. The summed E-state index contributed by atoms with van der Waals surface area (Å²) < 4.78 is 38.5. The number of hydrogen-bond acceptors (Lipinski definition) is 6. The third-order valence-electron chi connectivity index (χ3n) is 4.03. The van der Waals surface area contributed by atoms with Gasteiger partial charge in [-0.3, -0.25) is 10.1 Å². The number of anilines is 1. The molecule has 1 aromatic carbocycles. The lowest BCUT2D eigenvalue weighted by Crippen LogP contribution is -2.26. The number of rotatable bonds is 7. The minimum Gasteiger partial charge on any atom is -0.495 e. The van der Waals surface area contributed by atoms with Gasteiger partial charge in [0.05, 0.1) is 18.4 Å². The van der Waals surface area contributed by atoms with Gasteiger partial charge < -0.3 is 9.26 Å². The molecule has 1 aliphatic carbocycles. The average molecular weight is 379 g/mol. The topological polar surface area (TPSA) is 111 Å². The second kappa shape index (κ2) is 7.08. The molecule has 26 heavy (non-hydrogen) atoms. The predicted octanol–water partition coefficient (Wildman–Crippen LogP) is 2.31. The number of aromatic nitrogens is 1. The van der Waals surface area contributed by atoms with E-state index in [9.17, 15) is 13.2 Å². The highest BCUT2D eigenvalue weighted by Gasteiger charge is 2.30. The monoisotopic (exact) mass is 379 g/mol. The van der Waals surface area contributed by atoms with Gasteiger partial charge in [0.25, 0.3) is 0 Å². The fourth-order valence-electron chi connectivity index (χ4n) is 2.63. The van der Waals surface area contributed by atoms with Crippen LogP contribution >= 0.6 is 0 Å². The van der Waals surface area contributed by atoms with Crippen LogP contribution in [-0.4, -0.2) is 32.6 Å². The van der Waals surface area contributed by atoms with Crippen LogP contribution in [0.5, 0.6) is 5.75 Å². The molecule has 2 N–H and O–H groups in total. The number of benzene rings is 1. The van der Waals surface area contributed by atoms with Crippen molar-refractivity contribution in [3.05, 3.63) is 23.9 Å². The molecule has 1 fully saturated rings.